The van der Waals surface area contributed by atoms with Crippen LogP contribution in [0.4, 0.5) is 0 Å². The number of nitrogens with one attached hydrogen (secondary N) is 2. The zero-order valence-electron chi connectivity index (χ0n) is 21.1. The fourth-order valence-corrected chi connectivity index (χ4v) is 5.20. The fraction of sp³-hybridized carbons (Fsp3) is 0.500. The van der Waals surface area contributed by atoms with Crippen molar-refractivity contribution in [2.45, 2.75) is 63.8 Å². The van der Waals surface area contributed by atoms with Gasteiger partial charge in [0.05, 0.1) is 18.8 Å². The molecule has 38 heavy (non-hydrogen) atoms. The Morgan fingerprint density at radius 2 is 2.00 bits per heavy atom. The largest absolute Gasteiger partial charge is 0.462 e. The number of aliphatic hydroxyl groups is 1. The highest BCUT2D eigenvalue weighted by Crippen LogP contribution is 2.47. The highest BCUT2D eigenvalue weighted by Gasteiger charge is 2.55. The van der Waals surface area contributed by atoms with Gasteiger partial charge in [0.15, 0.2) is 6.23 Å². The number of hydrogen-bond acceptors (Lipinski definition) is 10. The lowest BCUT2D eigenvalue weighted by molar-refractivity contribution is -0.149. The van der Waals surface area contributed by atoms with E-state index in [-0.39, 0.29) is 5.75 Å². The van der Waals surface area contributed by atoms with Crippen molar-refractivity contribution < 1.29 is 33.0 Å². The second-order valence-corrected chi connectivity index (χ2v) is 10.6. The number of H-pyrrole nitrogens is 1. The molecule has 0 unspecified atom stereocenters. The lowest BCUT2D eigenvalue weighted by atomic mass is 9.93. The van der Waals surface area contributed by atoms with Gasteiger partial charge in [-0.2, -0.15) is 5.09 Å². The van der Waals surface area contributed by atoms with Gasteiger partial charge in [-0.25, -0.2) is 9.36 Å². The first kappa shape index (κ1) is 29.1. The first-order valence-electron chi connectivity index (χ1n) is 11.6. The van der Waals surface area contributed by atoms with E-state index in [9.17, 15) is 24.1 Å². The molecule has 0 radical (unpaired) electrons. The second-order valence-electron chi connectivity index (χ2n) is 8.94. The van der Waals surface area contributed by atoms with Crippen molar-refractivity contribution in [2.24, 2.45) is 5.11 Å². The number of aromatic amines is 1. The van der Waals surface area contributed by atoms with Crippen molar-refractivity contribution in [3.05, 3.63) is 73.9 Å². The van der Waals surface area contributed by atoms with Crippen molar-refractivity contribution in [3.8, 4) is 5.75 Å². The van der Waals surface area contributed by atoms with Crippen molar-refractivity contribution in [1.82, 2.24) is 14.6 Å². The first-order chi connectivity index (χ1) is 17.9. The molecule has 3 rings (SSSR count). The predicted octanol–water partition coefficient (Wildman–Crippen LogP) is 2.00. The van der Waals surface area contributed by atoms with Crippen LogP contribution in [0, 0.1) is 0 Å². The van der Waals surface area contributed by atoms with Gasteiger partial charge in [-0.05, 0) is 45.4 Å². The number of hydrogen-bond donors (Lipinski definition) is 3. The van der Waals surface area contributed by atoms with E-state index in [1.807, 2.05) is 0 Å². The molecule has 0 amide bonds. The Balaban J connectivity index is 1.87. The fourth-order valence-electron chi connectivity index (χ4n) is 3.70. The van der Waals surface area contributed by atoms with E-state index in [0.29, 0.717) is 0 Å². The zero-order chi connectivity index (χ0) is 28.1. The predicted molar refractivity (Wildman–Crippen MR) is 133 cm³/mol. The van der Waals surface area contributed by atoms with E-state index in [0.717, 1.165) is 16.8 Å². The molecule has 1 saturated heterocycles. The van der Waals surface area contributed by atoms with Crippen molar-refractivity contribution in [1.29, 1.82) is 0 Å². The van der Waals surface area contributed by atoms with Crippen LogP contribution in [0.3, 0.4) is 0 Å². The SMILES string of the molecule is CC(C)OC(=O)[C@H](C)N[P@@](=O)(OC[C@H]1O[C@@H](n2ccc(=O)[nH]c2=O)[C@](C)(N=[N+]=[N-])[C@@H]1O)Oc1ccccc1. The van der Waals surface area contributed by atoms with Crippen LogP contribution in [-0.2, 0) is 23.4 Å². The number of benzene rings is 1. The Morgan fingerprint density at radius 3 is 2.61 bits per heavy atom. The molecular formula is C22H29N6O9P. The summed E-state index contributed by atoms with van der Waals surface area (Å²) in [4.78, 5) is 41.0. The smallest absolute Gasteiger partial charge is 0.459 e. The minimum atomic E-state index is -4.30. The second kappa shape index (κ2) is 11.9. The minimum Gasteiger partial charge on any atom is -0.462 e. The van der Waals surface area contributed by atoms with Crippen LogP contribution in [0.5, 0.6) is 5.75 Å². The lowest BCUT2D eigenvalue weighted by Gasteiger charge is -2.28. The van der Waals surface area contributed by atoms with E-state index in [1.54, 1.807) is 32.0 Å². The number of para-hydroxylation sites is 1. The lowest BCUT2D eigenvalue weighted by Crippen LogP contribution is -2.45. The Labute approximate surface area is 216 Å². The number of carbonyl (C=O) groups excluding carboxylic acids is 1. The normalized spacial score (nSPS) is 25.3. The summed E-state index contributed by atoms with van der Waals surface area (Å²) in [6.07, 6.45) is -3.47. The summed E-state index contributed by atoms with van der Waals surface area (Å²) in [7, 11) is -4.30. The first-order valence-corrected chi connectivity index (χ1v) is 13.1. The van der Waals surface area contributed by atoms with Gasteiger partial charge >= 0.3 is 19.4 Å². The summed E-state index contributed by atoms with van der Waals surface area (Å²) >= 11 is 0. The van der Waals surface area contributed by atoms with E-state index in [1.165, 1.54) is 26.0 Å². The van der Waals surface area contributed by atoms with Gasteiger partial charge in [-0.1, -0.05) is 23.3 Å². The van der Waals surface area contributed by atoms with Crippen LogP contribution < -0.4 is 20.9 Å². The summed E-state index contributed by atoms with van der Waals surface area (Å²) in [5.41, 5.74) is 5.85. The maximum absolute atomic E-state index is 13.7. The number of esters is 1. The van der Waals surface area contributed by atoms with Gasteiger partial charge in [-0.3, -0.25) is 23.7 Å². The van der Waals surface area contributed by atoms with E-state index in [4.69, 9.17) is 24.1 Å². The van der Waals surface area contributed by atoms with Crippen molar-refractivity contribution >= 4 is 13.7 Å². The molecule has 6 atom stereocenters. The van der Waals surface area contributed by atoms with E-state index in [2.05, 4.69) is 20.1 Å². The van der Waals surface area contributed by atoms with Crippen LogP contribution >= 0.6 is 7.75 Å². The summed E-state index contributed by atoms with van der Waals surface area (Å²) in [6, 6.07) is 7.98. The molecule has 3 N–H and O–H groups in total. The summed E-state index contributed by atoms with van der Waals surface area (Å²) < 4.78 is 36.7. The van der Waals surface area contributed by atoms with E-state index >= 15 is 0 Å². The maximum Gasteiger partial charge on any atom is 0.459 e. The summed E-state index contributed by atoms with van der Waals surface area (Å²) in [6.45, 7) is 5.50. The number of aliphatic hydroxyl groups excluding tert-OH is 1. The van der Waals surface area contributed by atoms with Gasteiger partial charge in [-0.15, -0.1) is 0 Å². The number of ether oxygens (including phenoxy) is 2. The molecule has 2 aromatic rings. The molecule has 16 heteroatoms. The molecule has 0 bridgehead atoms. The number of carbonyl (C=O) groups is 1. The maximum atomic E-state index is 13.7. The molecule has 0 spiro atoms. The molecule has 206 valence electrons. The van der Waals surface area contributed by atoms with Gasteiger partial charge in [0.1, 0.15) is 23.4 Å². The highest BCUT2D eigenvalue weighted by atomic mass is 31.2. The Kier molecular flexibility index (Phi) is 9.15. The molecule has 0 aliphatic carbocycles. The molecule has 1 aromatic carbocycles. The number of nitrogens with zero attached hydrogens (tertiary/aromatic N) is 4. The zero-order valence-corrected chi connectivity index (χ0v) is 22.0. The van der Waals surface area contributed by atoms with Gasteiger partial charge in [0.2, 0.25) is 0 Å². The molecule has 1 fully saturated rings. The average Bonchev–Trinajstić information content (AvgIpc) is 3.08. The summed E-state index contributed by atoms with van der Waals surface area (Å²) in [5, 5.41) is 17.1. The molecule has 2 heterocycles. The quantitative estimate of drug-likeness (QED) is 0.121. The van der Waals surface area contributed by atoms with Gasteiger partial charge in [0, 0.05) is 17.2 Å². The van der Waals surface area contributed by atoms with Crippen LogP contribution in [-0.4, -0.2) is 57.1 Å². The van der Waals surface area contributed by atoms with Crippen LogP contribution in [0.2, 0.25) is 0 Å². The third kappa shape index (κ3) is 6.70. The molecule has 15 nitrogen and oxygen atoms in total. The van der Waals surface area contributed by atoms with Gasteiger partial charge < -0.3 is 19.1 Å². The molecule has 1 aliphatic rings. The topological polar surface area (TPSA) is 207 Å². The summed E-state index contributed by atoms with van der Waals surface area (Å²) in [5.74, 6) is -0.539. The van der Waals surface area contributed by atoms with E-state index < -0.39 is 67.7 Å². The molecule has 1 aliphatic heterocycles. The van der Waals surface area contributed by atoms with Gasteiger partial charge in [0.25, 0.3) is 5.56 Å². The molecule has 1 aromatic heterocycles. The van der Waals surface area contributed by atoms with Crippen LogP contribution in [0.1, 0.15) is 33.9 Å². The minimum absolute atomic E-state index is 0.164. The Morgan fingerprint density at radius 1 is 1.32 bits per heavy atom. The average molecular weight is 552 g/mol. The number of rotatable bonds is 11. The third-order valence-corrected chi connectivity index (χ3v) is 7.20. The van der Waals surface area contributed by atoms with Crippen LogP contribution in [0.15, 0.2) is 57.3 Å². The Hall–Kier alpha value is -3.45. The molecular weight excluding hydrogens is 523 g/mol. The third-order valence-electron chi connectivity index (χ3n) is 5.55. The standard InChI is InChI=1S/C22H29N6O9P/c1-13(2)35-19(31)14(3)25-38(33,37-15-8-6-5-7-9-15)34-12-16-18(30)22(4,26-27-23)20(36-16)28-11-10-17(29)24-21(28)32/h5-11,13-14,16,18,20,30H,12H2,1-4H3,(H,25,33)(H,24,29,32)/t14-,16+,18+,20+,22+,38+/m0/s1. The highest BCUT2D eigenvalue weighted by molar-refractivity contribution is 7.52. The van der Waals surface area contributed by atoms with Crippen molar-refractivity contribution in [3.63, 3.8) is 0 Å². The Bertz CT molecular complexity index is 1340. The molecule has 0 saturated carbocycles. The van der Waals surface area contributed by atoms with Crippen LogP contribution in [0.25, 0.3) is 10.4 Å². The monoisotopic (exact) mass is 552 g/mol. The number of aromatic nitrogens is 2. The van der Waals surface area contributed by atoms with Crippen molar-refractivity contribution in [2.75, 3.05) is 6.61 Å². The number of azide groups is 1.